The van der Waals surface area contributed by atoms with Gasteiger partial charge in [0.25, 0.3) is 0 Å². The lowest BCUT2D eigenvalue weighted by molar-refractivity contribution is -0.140. The van der Waals surface area contributed by atoms with Crippen LogP contribution in [0.4, 0.5) is 0 Å². The summed E-state index contributed by atoms with van der Waals surface area (Å²) < 4.78 is 5.01. The van der Waals surface area contributed by atoms with Crippen molar-refractivity contribution in [3.8, 4) is 0 Å². The van der Waals surface area contributed by atoms with Crippen molar-refractivity contribution in [1.82, 2.24) is 0 Å². The first-order chi connectivity index (χ1) is 8.90. The van der Waals surface area contributed by atoms with Crippen LogP contribution in [-0.4, -0.2) is 5.97 Å². The smallest absolute Gasteiger partial charge is 0.325 e. The van der Waals surface area contributed by atoms with Crippen molar-refractivity contribution in [2.24, 2.45) is 0 Å². The summed E-state index contributed by atoms with van der Waals surface area (Å²) in [4.78, 5) is 12.0. The van der Waals surface area contributed by atoms with Gasteiger partial charge in [0.15, 0.2) is 0 Å². The minimum atomic E-state index is -0.696. The summed E-state index contributed by atoms with van der Waals surface area (Å²) in [6.45, 7) is 10.3. The monoisotopic (exact) mass is 256 g/mol. The Morgan fingerprint density at radius 2 is 1.89 bits per heavy atom. The van der Waals surface area contributed by atoms with Gasteiger partial charge in [0.2, 0.25) is 0 Å². The number of benzene rings is 1. The van der Waals surface area contributed by atoms with E-state index in [1.165, 1.54) is 11.8 Å². The first-order valence-corrected chi connectivity index (χ1v) is 6.51. The second-order valence-electron chi connectivity index (χ2n) is 6.00. The van der Waals surface area contributed by atoms with Crippen LogP contribution >= 0.6 is 0 Å². The summed E-state index contributed by atoms with van der Waals surface area (Å²) in [7, 11) is 0. The van der Waals surface area contributed by atoms with Crippen molar-refractivity contribution in [2.75, 3.05) is 0 Å². The highest BCUT2D eigenvalue weighted by atomic mass is 16.5. The zero-order chi connectivity index (χ0) is 14.1. The Bertz CT molecular complexity index is 517. The van der Waals surface area contributed by atoms with Crippen molar-refractivity contribution in [1.29, 1.82) is 0 Å². The molecule has 1 aromatic rings. The number of carbonyl (C=O) groups is 1. The summed E-state index contributed by atoms with van der Waals surface area (Å²) in [6, 6.07) is 8.20. The summed E-state index contributed by atoms with van der Waals surface area (Å²) in [5, 5.41) is 0. The van der Waals surface area contributed by atoms with Crippen LogP contribution < -0.4 is 0 Å². The van der Waals surface area contributed by atoms with E-state index < -0.39 is 5.41 Å². The number of allylic oxidation sites excluding steroid dienone is 1. The molecule has 0 aliphatic carbocycles. The second kappa shape index (κ2) is 4.69. The van der Waals surface area contributed by atoms with Crippen LogP contribution in [0.5, 0.6) is 0 Å². The fourth-order valence-corrected chi connectivity index (χ4v) is 2.36. The molecule has 0 spiro atoms. The maximum absolute atomic E-state index is 12.0. The standard InChI is InChI=1S/C17H20O2/c1-5-10-17(11-12-19-15(17)18)14-8-6-13(7-9-14)16(2,3)4/h5-9,11-12H,1,10H2,2-4H3/t17-/m1/s1. The predicted octanol–water partition coefficient (Wildman–Crippen LogP) is 3.87. The van der Waals surface area contributed by atoms with Gasteiger partial charge in [-0.1, -0.05) is 51.1 Å². The van der Waals surface area contributed by atoms with E-state index in [9.17, 15) is 4.79 Å². The molecule has 1 heterocycles. The molecule has 0 bridgehead atoms. The van der Waals surface area contributed by atoms with Gasteiger partial charge in [-0.3, -0.25) is 4.79 Å². The van der Waals surface area contributed by atoms with Crippen LogP contribution in [0, 0.1) is 0 Å². The van der Waals surface area contributed by atoms with Gasteiger partial charge in [-0.05, 0) is 29.0 Å². The first-order valence-electron chi connectivity index (χ1n) is 6.51. The van der Waals surface area contributed by atoms with Gasteiger partial charge in [0.05, 0.1) is 6.26 Å². The van der Waals surface area contributed by atoms with Crippen molar-refractivity contribution in [3.63, 3.8) is 0 Å². The average molecular weight is 256 g/mol. The molecule has 1 aliphatic heterocycles. The molecule has 100 valence electrons. The fraction of sp³-hybridized carbons (Fsp3) is 0.353. The van der Waals surface area contributed by atoms with Crippen LogP contribution in [0.25, 0.3) is 0 Å². The van der Waals surface area contributed by atoms with Crippen LogP contribution in [-0.2, 0) is 20.4 Å². The highest BCUT2D eigenvalue weighted by Gasteiger charge is 2.41. The average Bonchev–Trinajstić information content (AvgIpc) is 2.72. The van der Waals surface area contributed by atoms with Crippen molar-refractivity contribution < 1.29 is 9.53 Å². The van der Waals surface area contributed by atoms with Gasteiger partial charge in [0.1, 0.15) is 5.41 Å². The molecule has 2 rings (SSSR count). The third kappa shape index (κ3) is 2.35. The third-order valence-corrected chi connectivity index (χ3v) is 3.62. The van der Waals surface area contributed by atoms with Crippen LogP contribution in [0.1, 0.15) is 38.3 Å². The van der Waals surface area contributed by atoms with Gasteiger partial charge in [-0.15, -0.1) is 6.58 Å². The normalized spacial score (nSPS) is 22.4. The Balaban J connectivity index is 2.42. The lowest BCUT2D eigenvalue weighted by Crippen LogP contribution is -2.30. The number of esters is 1. The van der Waals surface area contributed by atoms with E-state index in [-0.39, 0.29) is 11.4 Å². The summed E-state index contributed by atoms with van der Waals surface area (Å²) >= 11 is 0. The van der Waals surface area contributed by atoms with E-state index in [0.29, 0.717) is 6.42 Å². The summed E-state index contributed by atoms with van der Waals surface area (Å²) in [5.74, 6) is -0.226. The number of cyclic esters (lactones) is 1. The summed E-state index contributed by atoms with van der Waals surface area (Å²) in [5.41, 5.74) is 1.62. The molecule has 19 heavy (non-hydrogen) atoms. The Morgan fingerprint density at radius 1 is 1.26 bits per heavy atom. The van der Waals surface area contributed by atoms with E-state index in [1.54, 1.807) is 6.08 Å². The molecule has 0 N–H and O–H groups in total. The molecule has 1 aliphatic rings. The molecule has 2 nitrogen and oxygen atoms in total. The lowest BCUT2D eigenvalue weighted by atomic mass is 9.77. The van der Waals surface area contributed by atoms with Crippen molar-refractivity contribution >= 4 is 5.97 Å². The van der Waals surface area contributed by atoms with E-state index >= 15 is 0 Å². The van der Waals surface area contributed by atoms with Crippen LogP contribution in [0.15, 0.2) is 49.3 Å². The lowest BCUT2D eigenvalue weighted by Gasteiger charge is -2.25. The molecule has 0 saturated heterocycles. The van der Waals surface area contributed by atoms with E-state index in [2.05, 4.69) is 39.5 Å². The quantitative estimate of drug-likeness (QED) is 0.606. The Labute approximate surface area is 114 Å². The molecule has 0 saturated carbocycles. The number of hydrogen-bond acceptors (Lipinski definition) is 2. The molecular weight excluding hydrogens is 236 g/mol. The first kappa shape index (κ1) is 13.6. The zero-order valence-corrected chi connectivity index (χ0v) is 11.8. The van der Waals surface area contributed by atoms with Gasteiger partial charge in [-0.25, -0.2) is 0 Å². The van der Waals surface area contributed by atoms with Crippen LogP contribution in [0.2, 0.25) is 0 Å². The van der Waals surface area contributed by atoms with E-state index in [1.807, 2.05) is 18.2 Å². The summed E-state index contributed by atoms with van der Waals surface area (Å²) in [6.07, 6.45) is 5.61. The SMILES string of the molecule is C=CC[C@]1(c2ccc(C(C)(C)C)cc2)C=COC1=O. The van der Waals surface area contributed by atoms with E-state index in [4.69, 9.17) is 4.74 Å². The second-order valence-corrected chi connectivity index (χ2v) is 6.00. The molecule has 0 unspecified atom stereocenters. The van der Waals surface area contributed by atoms with Gasteiger partial charge in [0, 0.05) is 0 Å². The van der Waals surface area contributed by atoms with Crippen molar-refractivity contribution in [2.45, 2.75) is 38.0 Å². The Kier molecular flexibility index (Phi) is 3.36. The van der Waals surface area contributed by atoms with Crippen LogP contribution in [0.3, 0.4) is 0 Å². The van der Waals surface area contributed by atoms with Crippen molar-refractivity contribution in [3.05, 3.63) is 60.4 Å². The number of hydrogen-bond donors (Lipinski definition) is 0. The molecule has 0 amide bonds. The number of rotatable bonds is 3. The molecular formula is C17H20O2. The Hall–Kier alpha value is -1.83. The number of carbonyl (C=O) groups excluding carboxylic acids is 1. The third-order valence-electron chi connectivity index (χ3n) is 3.62. The Morgan fingerprint density at radius 3 is 2.32 bits per heavy atom. The maximum Gasteiger partial charge on any atom is 0.325 e. The molecule has 1 aromatic carbocycles. The maximum atomic E-state index is 12.0. The molecule has 0 fully saturated rings. The minimum absolute atomic E-state index is 0.107. The molecule has 2 heteroatoms. The largest absolute Gasteiger partial charge is 0.434 e. The van der Waals surface area contributed by atoms with E-state index in [0.717, 1.165) is 5.56 Å². The molecule has 0 radical (unpaired) electrons. The van der Waals surface area contributed by atoms with Gasteiger partial charge in [-0.2, -0.15) is 0 Å². The topological polar surface area (TPSA) is 26.3 Å². The highest BCUT2D eigenvalue weighted by molar-refractivity contribution is 5.88. The molecule has 0 aromatic heterocycles. The molecule has 1 atom stereocenters. The zero-order valence-electron chi connectivity index (χ0n) is 11.8. The fourth-order valence-electron chi connectivity index (χ4n) is 2.36. The van der Waals surface area contributed by atoms with Gasteiger partial charge < -0.3 is 4.74 Å². The highest BCUT2D eigenvalue weighted by Crippen LogP contribution is 2.36. The predicted molar refractivity (Wildman–Crippen MR) is 76.9 cm³/mol. The van der Waals surface area contributed by atoms with Gasteiger partial charge >= 0.3 is 5.97 Å². The minimum Gasteiger partial charge on any atom is -0.434 e. The number of ether oxygens (including phenoxy) is 1.